The predicted molar refractivity (Wildman–Crippen MR) is 99.2 cm³/mol. The standard InChI is InChI=1S/C21H19NO3/c1-14-6-5-8-17(12-14)22-21(24)15(2)25-20-11-10-16-7-3-4-9-18(16)19(20)13-23/h3-13,15H,1-2H3,(H,22,24)/t15-/m0/s1. The second-order valence-electron chi connectivity index (χ2n) is 5.94. The van der Waals surface area contributed by atoms with Crippen LogP contribution >= 0.6 is 0 Å². The van der Waals surface area contributed by atoms with E-state index in [4.69, 9.17) is 4.74 Å². The lowest BCUT2D eigenvalue weighted by molar-refractivity contribution is -0.122. The minimum Gasteiger partial charge on any atom is -0.480 e. The fourth-order valence-corrected chi connectivity index (χ4v) is 2.71. The van der Waals surface area contributed by atoms with Crippen LogP contribution in [0.3, 0.4) is 0 Å². The molecule has 0 aliphatic carbocycles. The summed E-state index contributed by atoms with van der Waals surface area (Å²) < 4.78 is 5.77. The van der Waals surface area contributed by atoms with Gasteiger partial charge in [-0.3, -0.25) is 9.59 Å². The molecule has 3 rings (SSSR count). The molecule has 1 atom stereocenters. The van der Waals surface area contributed by atoms with Crippen LogP contribution in [0.1, 0.15) is 22.8 Å². The molecule has 4 nitrogen and oxygen atoms in total. The van der Waals surface area contributed by atoms with E-state index < -0.39 is 6.10 Å². The molecule has 25 heavy (non-hydrogen) atoms. The molecule has 4 heteroatoms. The molecule has 3 aromatic carbocycles. The Morgan fingerprint density at radius 1 is 1.08 bits per heavy atom. The highest BCUT2D eigenvalue weighted by atomic mass is 16.5. The van der Waals surface area contributed by atoms with Gasteiger partial charge in [-0.15, -0.1) is 0 Å². The van der Waals surface area contributed by atoms with E-state index in [1.54, 1.807) is 13.0 Å². The summed E-state index contributed by atoms with van der Waals surface area (Å²) in [6.07, 6.45) is 0.0309. The number of hydrogen-bond donors (Lipinski definition) is 1. The number of aryl methyl sites for hydroxylation is 1. The van der Waals surface area contributed by atoms with Crippen molar-refractivity contribution in [1.82, 2.24) is 0 Å². The number of carbonyl (C=O) groups excluding carboxylic acids is 2. The number of rotatable bonds is 5. The van der Waals surface area contributed by atoms with Crippen LogP contribution in [0.5, 0.6) is 5.75 Å². The first-order valence-corrected chi connectivity index (χ1v) is 8.09. The fraction of sp³-hybridized carbons (Fsp3) is 0.143. The maximum absolute atomic E-state index is 12.4. The molecule has 3 aromatic rings. The lowest BCUT2D eigenvalue weighted by atomic mass is 10.0. The van der Waals surface area contributed by atoms with Crippen molar-refractivity contribution < 1.29 is 14.3 Å². The van der Waals surface area contributed by atoms with E-state index >= 15 is 0 Å². The average Bonchev–Trinajstić information content (AvgIpc) is 2.61. The molecule has 0 aliphatic heterocycles. The lowest BCUT2D eigenvalue weighted by Crippen LogP contribution is -2.30. The summed E-state index contributed by atoms with van der Waals surface area (Å²) in [5, 5.41) is 4.58. The second kappa shape index (κ2) is 7.18. The number of anilines is 1. The van der Waals surface area contributed by atoms with Crippen molar-refractivity contribution in [2.75, 3.05) is 5.32 Å². The third-order valence-electron chi connectivity index (χ3n) is 4.01. The number of aldehydes is 1. The van der Waals surface area contributed by atoms with Gasteiger partial charge in [-0.25, -0.2) is 0 Å². The van der Waals surface area contributed by atoms with Crippen molar-refractivity contribution in [3.8, 4) is 5.75 Å². The predicted octanol–water partition coefficient (Wildman–Crippen LogP) is 4.37. The minimum absolute atomic E-state index is 0.268. The molecule has 1 amide bonds. The van der Waals surface area contributed by atoms with Crippen LogP contribution in [0.2, 0.25) is 0 Å². The molecular formula is C21H19NO3. The van der Waals surface area contributed by atoms with Crippen molar-refractivity contribution in [1.29, 1.82) is 0 Å². The van der Waals surface area contributed by atoms with Crippen LogP contribution < -0.4 is 10.1 Å². The fourth-order valence-electron chi connectivity index (χ4n) is 2.71. The highest BCUT2D eigenvalue weighted by Gasteiger charge is 2.17. The molecule has 1 N–H and O–H groups in total. The first-order chi connectivity index (χ1) is 12.1. The van der Waals surface area contributed by atoms with Crippen LogP contribution in [-0.4, -0.2) is 18.3 Å². The molecule has 0 saturated heterocycles. The molecule has 0 spiro atoms. The zero-order valence-electron chi connectivity index (χ0n) is 14.2. The van der Waals surface area contributed by atoms with Crippen LogP contribution in [0.4, 0.5) is 5.69 Å². The highest BCUT2D eigenvalue weighted by molar-refractivity contribution is 6.01. The van der Waals surface area contributed by atoms with E-state index in [9.17, 15) is 9.59 Å². The number of hydrogen-bond acceptors (Lipinski definition) is 3. The first-order valence-electron chi connectivity index (χ1n) is 8.09. The summed E-state index contributed by atoms with van der Waals surface area (Å²) in [4.78, 5) is 23.9. The second-order valence-corrected chi connectivity index (χ2v) is 5.94. The van der Waals surface area contributed by atoms with E-state index in [1.165, 1.54) is 0 Å². The van der Waals surface area contributed by atoms with E-state index in [2.05, 4.69) is 5.32 Å². The molecule has 0 aromatic heterocycles. The molecule has 126 valence electrons. The molecule has 0 fully saturated rings. The van der Waals surface area contributed by atoms with Gasteiger partial charge in [-0.2, -0.15) is 0 Å². The number of ether oxygens (including phenoxy) is 1. The smallest absolute Gasteiger partial charge is 0.265 e. The molecule has 0 bridgehead atoms. The van der Waals surface area contributed by atoms with E-state index in [1.807, 2.05) is 61.5 Å². The Bertz CT molecular complexity index is 933. The monoisotopic (exact) mass is 333 g/mol. The maximum atomic E-state index is 12.4. The third kappa shape index (κ3) is 3.69. The van der Waals surface area contributed by atoms with Crippen LogP contribution in [-0.2, 0) is 4.79 Å². The molecule has 0 saturated carbocycles. The van der Waals surface area contributed by atoms with Crippen LogP contribution in [0, 0.1) is 6.92 Å². The molecular weight excluding hydrogens is 314 g/mol. The summed E-state index contributed by atoms with van der Waals surface area (Å²) in [5.74, 6) is 0.135. The van der Waals surface area contributed by atoms with Gasteiger partial charge >= 0.3 is 0 Å². The average molecular weight is 333 g/mol. The third-order valence-corrected chi connectivity index (χ3v) is 4.01. The van der Waals surface area contributed by atoms with Gasteiger partial charge in [0.2, 0.25) is 0 Å². The zero-order chi connectivity index (χ0) is 17.8. The molecule has 0 unspecified atom stereocenters. The zero-order valence-corrected chi connectivity index (χ0v) is 14.2. The number of benzene rings is 3. The van der Waals surface area contributed by atoms with Gasteiger partial charge in [0.15, 0.2) is 12.4 Å². The molecule has 0 aliphatic rings. The minimum atomic E-state index is -0.736. The molecule has 0 radical (unpaired) electrons. The Morgan fingerprint density at radius 2 is 1.88 bits per heavy atom. The SMILES string of the molecule is Cc1cccc(NC(=O)[C@H](C)Oc2ccc3ccccc3c2C=O)c1. The number of carbonyl (C=O) groups is 2. The summed E-state index contributed by atoms with van der Waals surface area (Å²) in [6, 6.07) is 18.7. The number of nitrogens with one attached hydrogen (secondary N) is 1. The van der Waals surface area contributed by atoms with E-state index in [0.29, 0.717) is 11.3 Å². The van der Waals surface area contributed by atoms with Gasteiger partial charge in [-0.1, -0.05) is 42.5 Å². The van der Waals surface area contributed by atoms with E-state index in [0.717, 1.165) is 28.3 Å². The van der Waals surface area contributed by atoms with Crippen molar-refractivity contribution in [3.05, 3.63) is 71.8 Å². The largest absolute Gasteiger partial charge is 0.480 e. The molecule has 0 heterocycles. The first kappa shape index (κ1) is 16.7. The van der Waals surface area contributed by atoms with Gasteiger partial charge in [-0.05, 0) is 48.4 Å². The maximum Gasteiger partial charge on any atom is 0.265 e. The Hall–Kier alpha value is -3.14. The van der Waals surface area contributed by atoms with Gasteiger partial charge in [0.1, 0.15) is 5.75 Å². The van der Waals surface area contributed by atoms with Crippen molar-refractivity contribution in [2.45, 2.75) is 20.0 Å². The van der Waals surface area contributed by atoms with Crippen molar-refractivity contribution in [3.63, 3.8) is 0 Å². The van der Waals surface area contributed by atoms with E-state index in [-0.39, 0.29) is 5.91 Å². The number of amides is 1. The van der Waals surface area contributed by atoms with Gasteiger partial charge in [0.05, 0.1) is 5.56 Å². The highest BCUT2D eigenvalue weighted by Crippen LogP contribution is 2.27. The Kier molecular flexibility index (Phi) is 4.80. The number of fused-ring (bicyclic) bond motifs is 1. The van der Waals surface area contributed by atoms with Crippen LogP contribution in [0.15, 0.2) is 60.7 Å². The Labute approximate surface area is 146 Å². The van der Waals surface area contributed by atoms with Gasteiger partial charge < -0.3 is 10.1 Å². The van der Waals surface area contributed by atoms with Gasteiger partial charge in [0, 0.05) is 5.69 Å². The Morgan fingerprint density at radius 3 is 2.64 bits per heavy atom. The summed E-state index contributed by atoms with van der Waals surface area (Å²) >= 11 is 0. The van der Waals surface area contributed by atoms with Crippen molar-refractivity contribution in [2.24, 2.45) is 0 Å². The summed E-state index contributed by atoms with van der Waals surface area (Å²) in [7, 11) is 0. The quantitative estimate of drug-likeness (QED) is 0.706. The Balaban J connectivity index is 1.80. The lowest BCUT2D eigenvalue weighted by Gasteiger charge is -2.17. The normalized spacial score (nSPS) is 11.8. The summed E-state index contributed by atoms with van der Waals surface area (Å²) in [6.45, 7) is 3.62. The topological polar surface area (TPSA) is 55.4 Å². The van der Waals surface area contributed by atoms with Gasteiger partial charge in [0.25, 0.3) is 5.91 Å². The van der Waals surface area contributed by atoms with Crippen LogP contribution in [0.25, 0.3) is 10.8 Å². The van der Waals surface area contributed by atoms with Crippen molar-refractivity contribution >= 4 is 28.7 Å². The summed E-state index contributed by atoms with van der Waals surface area (Å²) in [5.41, 5.74) is 2.23.